The summed E-state index contributed by atoms with van der Waals surface area (Å²) in [5.41, 5.74) is 0. The van der Waals surface area contributed by atoms with Crippen LogP contribution < -0.4 is 5.32 Å². The van der Waals surface area contributed by atoms with Crippen molar-refractivity contribution < 1.29 is 4.79 Å². The minimum Gasteiger partial charge on any atom is -0.344 e. The van der Waals surface area contributed by atoms with E-state index in [0.717, 1.165) is 4.88 Å². The van der Waals surface area contributed by atoms with Crippen LogP contribution in [0.2, 0.25) is 0 Å². The van der Waals surface area contributed by atoms with Crippen LogP contribution in [-0.2, 0) is 6.54 Å². The van der Waals surface area contributed by atoms with Crippen molar-refractivity contribution in [2.24, 2.45) is 0 Å². The van der Waals surface area contributed by atoms with Crippen LogP contribution in [-0.4, -0.2) is 36.1 Å². The minimum atomic E-state index is -0.382. The predicted octanol–water partition coefficient (Wildman–Crippen LogP) is -1.02. The number of nitrogens with zero attached hydrogens (tertiary/aromatic N) is 5. The zero-order chi connectivity index (χ0) is 9.80. The highest BCUT2D eigenvalue weighted by molar-refractivity contribution is 7.05. The fourth-order valence-electron chi connectivity index (χ4n) is 0.770. The molecule has 14 heavy (non-hydrogen) atoms. The first-order valence-electron chi connectivity index (χ1n) is 3.64. The van der Waals surface area contributed by atoms with Crippen LogP contribution in [0.5, 0.6) is 0 Å². The Morgan fingerprint density at radius 3 is 3.21 bits per heavy atom. The largest absolute Gasteiger partial charge is 0.344 e. The second-order valence-corrected chi connectivity index (χ2v) is 3.17. The van der Waals surface area contributed by atoms with Crippen molar-refractivity contribution in [3.8, 4) is 0 Å². The monoisotopic (exact) mass is 211 g/mol. The maximum Gasteiger partial charge on any atom is 0.293 e. The number of hydrogen-bond acceptors (Lipinski definition) is 7. The number of hydrogen-bond donors (Lipinski definition) is 2. The highest BCUT2D eigenvalue weighted by Gasteiger charge is 2.09. The van der Waals surface area contributed by atoms with Crippen molar-refractivity contribution in [3.63, 3.8) is 0 Å². The lowest BCUT2D eigenvalue weighted by atomic mass is 10.5. The van der Waals surface area contributed by atoms with Crippen molar-refractivity contribution in [1.82, 2.24) is 35.5 Å². The van der Waals surface area contributed by atoms with Crippen LogP contribution in [0.25, 0.3) is 0 Å². The lowest BCUT2D eigenvalue weighted by molar-refractivity contribution is 0.0941. The molecule has 0 aliphatic rings. The minimum absolute atomic E-state index is 0.0162. The summed E-state index contributed by atoms with van der Waals surface area (Å²) in [4.78, 5) is 12.1. The van der Waals surface area contributed by atoms with E-state index in [1.54, 1.807) is 6.20 Å². The molecule has 2 aromatic heterocycles. The van der Waals surface area contributed by atoms with Gasteiger partial charge in [-0.05, 0) is 16.7 Å². The summed E-state index contributed by atoms with van der Waals surface area (Å²) in [6, 6.07) is 0. The predicted molar refractivity (Wildman–Crippen MR) is 45.3 cm³/mol. The van der Waals surface area contributed by atoms with Crippen LogP contribution in [0, 0.1) is 0 Å². The maximum absolute atomic E-state index is 11.3. The Kier molecular flexibility index (Phi) is 2.40. The van der Waals surface area contributed by atoms with Crippen molar-refractivity contribution >= 4 is 17.4 Å². The first-order chi connectivity index (χ1) is 6.86. The number of aromatic amines is 1. The highest BCUT2D eigenvalue weighted by Crippen LogP contribution is 2.00. The van der Waals surface area contributed by atoms with Gasteiger partial charge >= 0.3 is 0 Å². The Bertz CT molecular complexity index is 396. The van der Waals surface area contributed by atoms with Gasteiger partial charge in [-0.1, -0.05) is 4.49 Å². The van der Waals surface area contributed by atoms with Gasteiger partial charge in [0.05, 0.1) is 17.6 Å². The van der Waals surface area contributed by atoms with Crippen LogP contribution in [0.4, 0.5) is 0 Å². The quantitative estimate of drug-likeness (QED) is 0.672. The molecule has 0 atom stereocenters. The Balaban J connectivity index is 1.90. The molecule has 72 valence electrons. The molecule has 2 rings (SSSR count). The summed E-state index contributed by atoms with van der Waals surface area (Å²) in [7, 11) is 0. The van der Waals surface area contributed by atoms with Crippen LogP contribution in [0.3, 0.4) is 0 Å². The standard InChI is InChI=1S/C5H5N7OS/c13-5(4-8-10-11-9-4)6-1-3-2-7-12-14-3/h2H,1H2,(H,6,13)(H,8,9,10,11). The molecular weight excluding hydrogens is 206 g/mol. The normalized spacial score (nSPS) is 10.0. The molecule has 0 aliphatic heterocycles. The molecule has 0 bridgehead atoms. The second-order valence-electron chi connectivity index (χ2n) is 2.30. The summed E-state index contributed by atoms with van der Waals surface area (Å²) < 4.78 is 3.65. The van der Waals surface area contributed by atoms with E-state index in [2.05, 4.69) is 35.5 Å². The second kappa shape index (κ2) is 3.87. The molecule has 2 N–H and O–H groups in total. The molecule has 0 aromatic carbocycles. The van der Waals surface area contributed by atoms with Crippen LogP contribution in [0.1, 0.15) is 15.5 Å². The smallest absolute Gasteiger partial charge is 0.293 e. The molecule has 0 saturated heterocycles. The Labute approximate surface area is 81.9 Å². The molecule has 0 saturated carbocycles. The van der Waals surface area contributed by atoms with Gasteiger partial charge in [-0.15, -0.1) is 15.3 Å². The molecule has 2 aromatic rings. The molecular formula is C5H5N7OS. The number of aromatic nitrogens is 6. The van der Waals surface area contributed by atoms with Gasteiger partial charge in [-0.25, -0.2) is 0 Å². The van der Waals surface area contributed by atoms with Crippen LogP contribution >= 0.6 is 11.5 Å². The van der Waals surface area contributed by atoms with Gasteiger partial charge in [0, 0.05) is 0 Å². The zero-order valence-electron chi connectivity index (χ0n) is 6.84. The highest BCUT2D eigenvalue weighted by atomic mass is 32.1. The fourth-order valence-corrected chi connectivity index (χ4v) is 1.20. The van der Waals surface area contributed by atoms with Gasteiger partial charge in [0.1, 0.15) is 0 Å². The van der Waals surface area contributed by atoms with Gasteiger partial charge in [0.25, 0.3) is 11.7 Å². The van der Waals surface area contributed by atoms with E-state index < -0.39 is 0 Å². The topological polar surface area (TPSA) is 109 Å². The van der Waals surface area contributed by atoms with Crippen molar-refractivity contribution in [2.75, 3.05) is 0 Å². The van der Waals surface area contributed by atoms with E-state index in [0.29, 0.717) is 6.54 Å². The third kappa shape index (κ3) is 1.88. The van der Waals surface area contributed by atoms with Crippen molar-refractivity contribution in [2.45, 2.75) is 6.54 Å². The SMILES string of the molecule is O=C(NCc1cnns1)c1nn[nH]n1. The lowest BCUT2D eigenvalue weighted by Gasteiger charge is -1.96. The van der Waals surface area contributed by atoms with Gasteiger partial charge in [0.2, 0.25) is 0 Å². The van der Waals surface area contributed by atoms with Gasteiger partial charge in [0.15, 0.2) is 0 Å². The van der Waals surface area contributed by atoms with Gasteiger partial charge < -0.3 is 5.32 Å². The molecule has 9 heteroatoms. The fraction of sp³-hybridized carbons (Fsp3) is 0.200. The number of carbonyl (C=O) groups excluding carboxylic acids is 1. The molecule has 0 aliphatic carbocycles. The average molecular weight is 211 g/mol. The third-order valence-electron chi connectivity index (χ3n) is 1.38. The summed E-state index contributed by atoms with van der Waals surface area (Å²) in [6.45, 7) is 0.366. The first kappa shape index (κ1) is 8.69. The van der Waals surface area contributed by atoms with Crippen molar-refractivity contribution in [1.29, 1.82) is 0 Å². The van der Waals surface area contributed by atoms with Crippen LogP contribution in [0.15, 0.2) is 6.20 Å². The number of nitrogens with one attached hydrogen (secondary N) is 2. The van der Waals surface area contributed by atoms with Crippen molar-refractivity contribution in [3.05, 3.63) is 16.9 Å². The van der Waals surface area contributed by atoms with E-state index in [1.165, 1.54) is 11.5 Å². The molecule has 0 spiro atoms. The Hall–Kier alpha value is -1.90. The van der Waals surface area contributed by atoms with Gasteiger partial charge in [-0.3, -0.25) is 4.79 Å². The first-order valence-corrected chi connectivity index (χ1v) is 4.41. The maximum atomic E-state index is 11.3. The summed E-state index contributed by atoms with van der Waals surface area (Å²) >= 11 is 1.22. The molecule has 0 unspecified atom stereocenters. The molecule has 2 heterocycles. The Morgan fingerprint density at radius 1 is 1.64 bits per heavy atom. The van der Waals surface area contributed by atoms with E-state index in [-0.39, 0.29) is 11.7 Å². The number of amides is 1. The summed E-state index contributed by atoms with van der Waals surface area (Å²) in [5, 5.41) is 18.7. The Morgan fingerprint density at radius 2 is 2.57 bits per heavy atom. The van der Waals surface area contributed by atoms with E-state index in [4.69, 9.17) is 0 Å². The molecule has 0 fully saturated rings. The van der Waals surface area contributed by atoms with E-state index in [1.807, 2.05) is 0 Å². The molecule has 1 amide bonds. The average Bonchev–Trinajstić information content (AvgIpc) is 2.87. The summed E-state index contributed by atoms with van der Waals surface area (Å²) in [5.74, 6) is -0.366. The molecule has 8 nitrogen and oxygen atoms in total. The van der Waals surface area contributed by atoms with E-state index in [9.17, 15) is 4.79 Å². The summed E-state index contributed by atoms with van der Waals surface area (Å²) in [6.07, 6.45) is 1.58. The molecule has 0 radical (unpaired) electrons. The van der Waals surface area contributed by atoms with Gasteiger partial charge in [-0.2, -0.15) is 5.21 Å². The number of carbonyl (C=O) groups is 1. The zero-order valence-corrected chi connectivity index (χ0v) is 7.65. The number of tetrazole rings is 1. The third-order valence-corrected chi connectivity index (χ3v) is 2.04. The number of rotatable bonds is 3. The number of H-pyrrole nitrogens is 1. The van der Waals surface area contributed by atoms with E-state index >= 15 is 0 Å². The lowest BCUT2D eigenvalue weighted by Crippen LogP contribution is -2.23.